The number of hydrogen-bond acceptors (Lipinski definition) is 9. The third-order valence-corrected chi connectivity index (χ3v) is 11.6. The molecule has 6 rings (SSSR count). The summed E-state index contributed by atoms with van der Waals surface area (Å²) < 4.78 is 35.8. The lowest BCUT2D eigenvalue weighted by Crippen LogP contribution is -2.59. The number of piperazine rings is 1. The fourth-order valence-electron chi connectivity index (χ4n) is 7.21. The van der Waals surface area contributed by atoms with Crippen LogP contribution < -0.4 is 9.04 Å². The van der Waals surface area contributed by atoms with Gasteiger partial charge >= 0.3 is 0 Å². The van der Waals surface area contributed by atoms with Crippen molar-refractivity contribution in [3.63, 3.8) is 0 Å². The fraction of sp³-hybridized carbons (Fsp3) is 0.400. The predicted molar refractivity (Wildman–Crippen MR) is 182 cm³/mol. The van der Waals surface area contributed by atoms with Crippen LogP contribution in [0.5, 0.6) is 5.75 Å². The van der Waals surface area contributed by atoms with E-state index in [0.717, 1.165) is 36.0 Å². The van der Waals surface area contributed by atoms with Crippen molar-refractivity contribution in [3.8, 4) is 11.8 Å². The molecule has 48 heavy (non-hydrogen) atoms. The van der Waals surface area contributed by atoms with E-state index in [0.29, 0.717) is 47.8 Å². The summed E-state index contributed by atoms with van der Waals surface area (Å²) in [6.45, 7) is 4.58. The molecule has 13 heteroatoms. The van der Waals surface area contributed by atoms with Crippen LogP contribution >= 0.6 is 11.6 Å². The number of carbonyl (C=O) groups is 2. The molecule has 0 saturated carbocycles. The number of nitriles is 1. The van der Waals surface area contributed by atoms with Crippen molar-refractivity contribution in [1.29, 1.82) is 5.26 Å². The van der Waals surface area contributed by atoms with Crippen LogP contribution in [0.15, 0.2) is 65.6 Å². The number of carbonyl (C=O) groups excluding carboxylic acids is 2. The molecule has 3 aromatic carbocycles. The lowest BCUT2D eigenvalue weighted by Gasteiger charge is -2.42. The second kappa shape index (κ2) is 13.1. The van der Waals surface area contributed by atoms with Gasteiger partial charge in [-0.15, -0.1) is 0 Å². The number of ether oxygens (including phenoxy) is 1. The molecule has 3 heterocycles. The zero-order chi connectivity index (χ0) is 34.4. The van der Waals surface area contributed by atoms with Crippen LogP contribution in [0.4, 0.5) is 5.69 Å². The molecule has 0 aliphatic carbocycles. The molecule has 3 aliphatic rings. The highest BCUT2D eigenvalue weighted by Gasteiger charge is 2.63. The minimum absolute atomic E-state index is 0.142. The van der Waals surface area contributed by atoms with Crippen LogP contribution in [0.1, 0.15) is 35.1 Å². The number of methoxy groups -OCH3 is 1. The molecule has 0 radical (unpaired) electrons. The third-order valence-electron chi connectivity index (χ3n) is 9.65. The van der Waals surface area contributed by atoms with E-state index < -0.39 is 27.5 Å². The number of likely N-dealkylation sites (N-methyl/N-ethyl adjacent to an activating group) is 2. The Morgan fingerprint density at radius 3 is 2.38 bits per heavy atom. The summed E-state index contributed by atoms with van der Waals surface area (Å²) in [5.41, 5.74) is 0.368. The Morgan fingerprint density at radius 1 is 1.02 bits per heavy atom. The Morgan fingerprint density at radius 2 is 1.73 bits per heavy atom. The number of sulfonamides is 1. The van der Waals surface area contributed by atoms with Crippen LogP contribution in [0.3, 0.4) is 0 Å². The minimum Gasteiger partial charge on any atom is -0.496 e. The van der Waals surface area contributed by atoms with Crippen LogP contribution in [-0.2, 0) is 31.7 Å². The number of benzene rings is 3. The number of amides is 2. The van der Waals surface area contributed by atoms with Crippen LogP contribution in [0.2, 0.25) is 5.02 Å². The van der Waals surface area contributed by atoms with Gasteiger partial charge in [0.25, 0.3) is 15.9 Å². The number of rotatable bonds is 8. The monoisotopic (exact) mass is 690 g/mol. The summed E-state index contributed by atoms with van der Waals surface area (Å²) in [4.78, 5) is 37.1. The van der Waals surface area contributed by atoms with E-state index in [-0.39, 0.29) is 22.1 Å². The normalized spacial score (nSPS) is 22.0. The van der Waals surface area contributed by atoms with E-state index in [1.807, 2.05) is 29.2 Å². The minimum atomic E-state index is -4.50. The molecule has 2 saturated heterocycles. The van der Waals surface area contributed by atoms with Gasteiger partial charge in [-0.3, -0.25) is 19.4 Å². The van der Waals surface area contributed by atoms with Crippen LogP contribution in [0, 0.1) is 11.3 Å². The van der Waals surface area contributed by atoms with Gasteiger partial charge in [0, 0.05) is 69.5 Å². The second-order valence-electron chi connectivity index (χ2n) is 12.8. The van der Waals surface area contributed by atoms with E-state index in [2.05, 4.69) is 16.8 Å². The molecule has 2 atom stereocenters. The average Bonchev–Trinajstić information content (AvgIpc) is 3.66. The maximum atomic E-state index is 15.5. The number of hydrogen-bond donors (Lipinski definition) is 0. The van der Waals surface area contributed by atoms with Gasteiger partial charge in [0.05, 0.1) is 35.4 Å². The number of fused-ring (bicyclic) bond motifs is 1. The molecule has 3 aliphatic heterocycles. The number of halogens is 1. The van der Waals surface area contributed by atoms with Crippen molar-refractivity contribution in [2.24, 2.45) is 0 Å². The van der Waals surface area contributed by atoms with Gasteiger partial charge in [0.2, 0.25) is 5.91 Å². The zero-order valence-corrected chi connectivity index (χ0v) is 29.1. The Labute approximate surface area is 286 Å². The first kappa shape index (κ1) is 33.9. The van der Waals surface area contributed by atoms with Crippen molar-refractivity contribution in [3.05, 3.63) is 87.9 Å². The zero-order valence-electron chi connectivity index (χ0n) is 27.5. The largest absolute Gasteiger partial charge is 0.496 e. The molecule has 1 unspecified atom stereocenters. The first-order valence-electron chi connectivity index (χ1n) is 15.9. The summed E-state index contributed by atoms with van der Waals surface area (Å²) in [5, 5.41) is 9.63. The van der Waals surface area contributed by atoms with Gasteiger partial charge in [-0.2, -0.15) is 5.26 Å². The van der Waals surface area contributed by atoms with Crippen molar-refractivity contribution in [2.45, 2.75) is 35.9 Å². The standard InChI is InChI=1S/C35H39ClN6O5S/c1-38(2)33(43)31-6-5-15-41(31)35(29-20-25(9-14-32(29)47-4)23-40-18-16-39(3)17-19-40)28-21-26(36)10-13-30(28)42(34(35)44)48(45,46)27-11-7-24(22-37)8-12-27/h7-14,20-21,31H,5-6,15-19,23H2,1-4H3/t31?,35-/m0/s1. The Balaban J connectivity index is 1.61. The van der Waals surface area contributed by atoms with Crippen LogP contribution in [-0.4, -0.2) is 107 Å². The third kappa shape index (κ3) is 5.63. The molecule has 252 valence electrons. The summed E-state index contributed by atoms with van der Waals surface area (Å²) in [5.74, 6) is -0.557. The smallest absolute Gasteiger partial charge is 0.271 e. The number of nitrogens with zero attached hydrogens (tertiary/aromatic N) is 6. The molecule has 0 aromatic heterocycles. The summed E-state index contributed by atoms with van der Waals surface area (Å²) in [6.07, 6.45) is 1.09. The van der Waals surface area contributed by atoms with Crippen molar-refractivity contribution < 1.29 is 22.7 Å². The van der Waals surface area contributed by atoms with Crippen molar-refractivity contribution in [1.82, 2.24) is 19.6 Å². The number of likely N-dealkylation sites (tertiary alicyclic amines) is 1. The van der Waals surface area contributed by atoms with Gasteiger partial charge in [-0.25, -0.2) is 12.7 Å². The number of anilines is 1. The molecular formula is C35H39ClN6O5S. The van der Waals surface area contributed by atoms with Gasteiger partial charge < -0.3 is 14.5 Å². The predicted octanol–water partition coefficient (Wildman–Crippen LogP) is 3.50. The van der Waals surface area contributed by atoms with E-state index in [9.17, 15) is 18.5 Å². The van der Waals surface area contributed by atoms with E-state index in [4.69, 9.17) is 16.3 Å². The Kier molecular flexibility index (Phi) is 9.28. The first-order chi connectivity index (χ1) is 22.9. The molecule has 0 bridgehead atoms. The highest BCUT2D eigenvalue weighted by atomic mass is 35.5. The molecule has 0 spiro atoms. The molecule has 11 nitrogen and oxygen atoms in total. The maximum Gasteiger partial charge on any atom is 0.271 e. The molecule has 3 aromatic rings. The maximum absolute atomic E-state index is 15.5. The molecule has 2 fully saturated rings. The topological polar surface area (TPSA) is 118 Å². The molecule has 0 N–H and O–H groups in total. The van der Waals surface area contributed by atoms with Crippen LogP contribution in [0.25, 0.3) is 0 Å². The summed E-state index contributed by atoms with van der Waals surface area (Å²) in [7, 11) is 2.45. The average molecular weight is 691 g/mol. The van der Waals surface area contributed by atoms with Gasteiger partial charge in [0.15, 0.2) is 5.54 Å². The highest BCUT2D eigenvalue weighted by Crippen LogP contribution is 2.55. The van der Waals surface area contributed by atoms with Gasteiger partial charge in [-0.05, 0) is 80.1 Å². The lowest BCUT2D eigenvalue weighted by atomic mass is 9.80. The van der Waals surface area contributed by atoms with Gasteiger partial charge in [-0.1, -0.05) is 17.7 Å². The van der Waals surface area contributed by atoms with Crippen molar-refractivity contribution in [2.75, 3.05) is 65.3 Å². The van der Waals surface area contributed by atoms with E-state index in [1.165, 1.54) is 42.3 Å². The van der Waals surface area contributed by atoms with Gasteiger partial charge in [0.1, 0.15) is 5.75 Å². The second-order valence-corrected chi connectivity index (χ2v) is 15.0. The summed E-state index contributed by atoms with van der Waals surface area (Å²) in [6, 6.07) is 17.2. The lowest BCUT2D eigenvalue weighted by molar-refractivity contribution is -0.138. The highest BCUT2D eigenvalue weighted by molar-refractivity contribution is 7.93. The first-order valence-corrected chi connectivity index (χ1v) is 17.7. The SMILES string of the molecule is COc1ccc(CN2CCN(C)CC2)cc1[C@]1(N2CCCC2C(=O)N(C)C)C(=O)N(S(=O)(=O)c2ccc(C#N)cc2)c2ccc(Cl)cc21. The fourth-order valence-corrected chi connectivity index (χ4v) is 8.84. The quantitative estimate of drug-likeness (QED) is 0.350. The van der Waals surface area contributed by atoms with E-state index >= 15 is 4.79 Å². The summed E-state index contributed by atoms with van der Waals surface area (Å²) >= 11 is 6.65. The Bertz CT molecular complexity index is 1890. The Hall–Kier alpha value is -3.99. The molecular weight excluding hydrogens is 652 g/mol. The van der Waals surface area contributed by atoms with Crippen molar-refractivity contribution >= 4 is 39.1 Å². The van der Waals surface area contributed by atoms with E-state index in [1.54, 1.807) is 26.2 Å². The molecule has 2 amide bonds.